The highest BCUT2D eigenvalue weighted by Crippen LogP contribution is 2.44. The highest BCUT2D eigenvalue weighted by molar-refractivity contribution is 5.86. The SMILES string of the molecule is CNCCCC1OCC2(CO1)COC(CCCNC(=O)C(CCC(C)=O)NC(=O)OCC1c3ccccc3-c3ccccc31)OC2. The second-order valence-electron chi connectivity index (χ2n) is 12.5. The summed E-state index contributed by atoms with van der Waals surface area (Å²) in [5.41, 5.74) is 4.19. The lowest BCUT2D eigenvalue weighted by Crippen LogP contribution is -2.52. The van der Waals surface area contributed by atoms with Crippen molar-refractivity contribution in [1.82, 2.24) is 16.0 Å². The maximum atomic E-state index is 13.1. The Balaban J connectivity index is 1.03. The molecular formula is C35H47N3O8. The fourth-order valence-corrected chi connectivity index (χ4v) is 6.21. The van der Waals surface area contributed by atoms with Crippen LogP contribution in [-0.2, 0) is 33.3 Å². The Hall–Kier alpha value is -3.35. The van der Waals surface area contributed by atoms with Crippen LogP contribution in [0.2, 0.25) is 0 Å². The van der Waals surface area contributed by atoms with Crippen LogP contribution in [0, 0.1) is 5.41 Å². The number of hydrogen-bond donors (Lipinski definition) is 3. The van der Waals surface area contributed by atoms with Gasteiger partial charge in [0.05, 0.1) is 31.8 Å². The fraction of sp³-hybridized carbons (Fsp3) is 0.571. The predicted molar refractivity (Wildman–Crippen MR) is 171 cm³/mol. The van der Waals surface area contributed by atoms with Gasteiger partial charge in [-0.2, -0.15) is 0 Å². The zero-order chi connectivity index (χ0) is 32.4. The smallest absolute Gasteiger partial charge is 0.407 e. The number of ketones is 1. The molecule has 2 aromatic rings. The van der Waals surface area contributed by atoms with Crippen LogP contribution >= 0.6 is 0 Å². The molecular weight excluding hydrogens is 590 g/mol. The van der Waals surface area contributed by atoms with Crippen LogP contribution < -0.4 is 16.0 Å². The summed E-state index contributed by atoms with van der Waals surface area (Å²) >= 11 is 0. The molecule has 11 heteroatoms. The van der Waals surface area contributed by atoms with Gasteiger partial charge in [-0.1, -0.05) is 48.5 Å². The molecule has 5 rings (SSSR count). The Kier molecular flexibility index (Phi) is 12.2. The van der Waals surface area contributed by atoms with E-state index in [2.05, 4.69) is 28.1 Å². The van der Waals surface area contributed by atoms with Crippen LogP contribution in [0.3, 0.4) is 0 Å². The molecule has 0 aromatic heterocycles. The number of nitrogens with one attached hydrogen (secondary N) is 3. The van der Waals surface area contributed by atoms with E-state index in [4.69, 9.17) is 23.7 Å². The number of hydrogen-bond acceptors (Lipinski definition) is 9. The molecule has 2 heterocycles. The van der Waals surface area contributed by atoms with Gasteiger partial charge in [-0.15, -0.1) is 0 Å². The lowest BCUT2D eigenvalue weighted by atomic mass is 9.90. The number of carbonyl (C=O) groups is 3. The normalized spacial score (nSPS) is 22.9. The molecule has 3 aliphatic rings. The first kappa shape index (κ1) is 34.0. The number of benzene rings is 2. The Morgan fingerprint density at radius 2 is 1.39 bits per heavy atom. The molecule has 2 aliphatic heterocycles. The van der Waals surface area contributed by atoms with Gasteiger partial charge in [0.2, 0.25) is 5.91 Å². The van der Waals surface area contributed by atoms with E-state index >= 15 is 0 Å². The quantitative estimate of drug-likeness (QED) is 0.249. The van der Waals surface area contributed by atoms with Crippen LogP contribution in [0.5, 0.6) is 0 Å². The molecule has 2 amide bonds. The monoisotopic (exact) mass is 637 g/mol. The van der Waals surface area contributed by atoms with Crippen molar-refractivity contribution in [2.75, 3.05) is 53.2 Å². The summed E-state index contributed by atoms with van der Waals surface area (Å²) in [7, 11) is 1.93. The maximum absolute atomic E-state index is 13.1. The Labute approximate surface area is 271 Å². The van der Waals surface area contributed by atoms with Crippen molar-refractivity contribution in [2.45, 2.75) is 70.0 Å². The summed E-state index contributed by atoms with van der Waals surface area (Å²) < 4.78 is 29.4. The van der Waals surface area contributed by atoms with Gasteiger partial charge in [0, 0.05) is 25.3 Å². The maximum Gasteiger partial charge on any atom is 0.407 e. The number of Topliss-reactive ketones (excluding diaryl/α,β-unsaturated/α-hetero) is 1. The van der Waals surface area contributed by atoms with Crippen LogP contribution in [0.25, 0.3) is 11.1 Å². The van der Waals surface area contributed by atoms with Gasteiger partial charge in [-0.3, -0.25) is 4.79 Å². The Bertz CT molecular complexity index is 1270. The first-order valence-electron chi connectivity index (χ1n) is 16.4. The molecule has 1 atom stereocenters. The van der Waals surface area contributed by atoms with E-state index in [1.807, 2.05) is 43.4 Å². The van der Waals surface area contributed by atoms with Crippen LogP contribution in [0.1, 0.15) is 62.5 Å². The minimum absolute atomic E-state index is 0.0606. The molecule has 11 nitrogen and oxygen atoms in total. The minimum Gasteiger partial charge on any atom is -0.449 e. The van der Waals surface area contributed by atoms with E-state index in [0.29, 0.717) is 45.8 Å². The standard InChI is InChI=1S/C35H47N3O8/c1-24(39)15-16-30(38-34(41)42-19-29-27-11-5-3-9-25(27)26-10-4-6-12-28(26)29)33(40)37-18-8-14-32-45-22-35(23-46-32)20-43-31(44-21-35)13-7-17-36-2/h3-6,9-12,29-32,36H,7-8,13-23H2,1-2H3,(H,37,40)(H,38,41). The number of rotatable bonds is 15. The van der Waals surface area contributed by atoms with Gasteiger partial charge in [0.25, 0.3) is 0 Å². The van der Waals surface area contributed by atoms with Crippen molar-refractivity contribution in [3.63, 3.8) is 0 Å². The minimum atomic E-state index is -0.894. The molecule has 1 unspecified atom stereocenters. The molecule has 2 aromatic carbocycles. The lowest BCUT2D eigenvalue weighted by molar-refractivity contribution is -0.304. The predicted octanol–water partition coefficient (Wildman–Crippen LogP) is 3.89. The first-order chi connectivity index (χ1) is 22.4. The summed E-state index contributed by atoms with van der Waals surface area (Å²) in [4.78, 5) is 37.6. The van der Waals surface area contributed by atoms with E-state index in [-0.39, 0.29) is 55.1 Å². The highest BCUT2D eigenvalue weighted by Gasteiger charge is 2.41. The molecule has 1 spiro atoms. The molecule has 250 valence electrons. The Morgan fingerprint density at radius 3 is 1.93 bits per heavy atom. The average molecular weight is 638 g/mol. The number of ether oxygens (including phenoxy) is 5. The van der Waals surface area contributed by atoms with Crippen molar-refractivity contribution in [1.29, 1.82) is 0 Å². The van der Waals surface area contributed by atoms with Gasteiger partial charge in [0.15, 0.2) is 12.6 Å². The van der Waals surface area contributed by atoms with E-state index in [1.54, 1.807) is 0 Å². The average Bonchev–Trinajstić information content (AvgIpc) is 3.39. The van der Waals surface area contributed by atoms with Crippen molar-refractivity contribution >= 4 is 17.8 Å². The van der Waals surface area contributed by atoms with Crippen molar-refractivity contribution in [3.05, 3.63) is 59.7 Å². The molecule has 0 radical (unpaired) electrons. The summed E-state index contributed by atoms with van der Waals surface area (Å²) in [6, 6.07) is 15.3. The summed E-state index contributed by atoms with van der Waals surface area (Å²) in [5, 5.41) is 8.69. The Morgan fingerprint density at radius 1 is 0.848 bits per heavy atom. The second-order valence-corrected chi connectivity index (χ2v) is 12.5. The third-order valence-electron chi connectivity index (χ3n) is 8.82. The largest absolute Gasteiger partial charge is 0.449 e. The van der Waals surface area contributed by atoms with E-state index in [0.717, 1.165) is 41.6 Å². The van der Waals surface area contributed by atoms with Gasteiger partial charge in [0.1, 0.15) is 18.4 Å². The van der Waals surface area contributed by atoms with Crippen LogP contribution in [0.4, 0.5) is 4.79 Å². The first-order valence-corrected chi connectivity index (χ1v) is 16.4. The van der Waals surface area contributed by atoms with E-state index in [1.165, 1.54) is 6.92 Å². The molecule has 1 aliphatic carbocycles. The number of carbonyl (C=O) groups excluding carboxylic acids is 3. The van der Waals surface area contributed by atoms with Crippen LogP contribution in [0.15, 0.2) is 48.5 Å². The zero-order valence-electron chi connectivity index (χ0n) is 26.9. The second kappa shape index (κ2) is 16.5. The van der Waals surface area contributed by atoms with Crippen molar-refractivity contribution in [3.8, 4) is 11.1 Å². The summed E-state index contributed by atoms with van der Waals surface area (Å²) in [6.45, 7) is 4.96. The fourth-order valence-electron chi connectivity index (χ4n) is 6.21. The van der Waals surface area contributed by atoms with Crippen molar-refractivity contribution < 1.29 is 38.1 Å². The van der Waals surface area contributed by atoms with Crippen molar-refractivity contribution in [2.24, 2.45) is 5.41 Å². The zero-order valence-corrected chi connectivity index (χ0v) is 26.9. The third-order valence-corrected chi connectivity index (χ3v) is 8.82. The molecule has 0 saturated carbocycles. The van der Waals surface area contributed by atoms with E-state index in [9.17, 15) is 14.4 Å². The third kappa shape index (κ3) is 8.92. The van der Waals surface area contributed by atoms with E-state index < -0.39 is 12.1 Å². The molecule has 0 bridgehead atoms. The topological polar surface area (TPSA) is 133 Å². The summed E-state index contributed by atoms with van der Waals surface area (Å²) in [5.74, 6) is -0.514. The van der Waals surface area contributed by atoms with Gasteiger partial charge in [-0.25, -0.2) is 4.79 Å². The van der Waals surface area contributed by atoms with Gasteiger partial charge in [-0.05, 0) is 68.5 Å². The molecule has 3 N–H and O–H groups in total. The molecule has 46 heavy (non-hydrogen) atoms. The van der Waals surface area contributed by atoms with Gasteiger partial charge >= 0.3 is 6.09 Å². The number of fused-ring (bicyclic) bond motifs is 3. The van der Waals surface area contributed by atoms with Gasteiger partial charge < -0.3 is 44.4 Å². The number of amides is 2. The highest BCUT2D eigenvalue weighted by atomic mass is 16.7. The lowest BCUT2D eigenvalue weighted by Gasteiger charge is -2.43. The molecule has 2 fully saturated rings. The number of alkyl carbamates (subject to hydrolysis) is 1. The summed E-state index contributed by atoms with van der Waals surface area (Å²) in [6.07, 6.45) is 2.16. The molecule has 2 saturated heterocycles. The van der Waals surface area contributed by atoms with Crippen LogP contribution in [-0.4, -0.2) is 89.6 Å².